The highest BCUT2D eigenvalue weighted by atomic mass is 16.5. The molecule has 0 spiro atoms. The fourth-order valence-corrected chi connectivity index (χ4v) is 2.60. The molecule has 0 saturated carbocycles. The molecule has 1 atom stereocenters. The van der Waals surface area contributed by atoms with Crippen LogP contribution in [0.4, 0.5) is 0 Å². The Hall–Kier alpha value is -1.14. The molecule has 2 fully saturated rings. The smallest absolute Gasteiger partial charge is 0.324 e. The van der Waals surface area contributed by atoms with Crippen LogP contribution in [0.3, 0.4) is 0 Å². The number of rotatable bonds is 3. The van der Waals surface area contributed by atoms with E-state index < -0.39 is 11.4 Å². The van der Waals surface area contributed by atoms with Gasteiger partial charge in [-0.3, -0.25) is 9.59 Å². The molecule has 0 aromatic rings. The lowest BCUT2D eigenvalue weighted by Crippen LogP contribution is -2.62. The molecular formula is C12H20N2O4. The first-order valence-electron chi connectivity index (χ1n) is 6.24. The van der Waals surface area contributed by atoms with Crippen molar-refractivity contribution >= 4 is 11.9 Å². The lowest BCUT2D eigenvalue weighted by atomic mass is 9.83. The summed E-state index contributed by atoms with van der Waals surface area (Å²) in [5.74, 6) is -1.39. The van der Waals surface area contributed by atoms with E-state index in [4.69, 9.17) is 4.74 Å². The first-order valence-corrected chi connectivity index (χ1v) is 6.24. The fraction of sp³-hybridized carbons (Fsp3) is 0.833. The molecule has 2 rings (SSSR count). The van der Waals surface area contributed by atoms with Crippen LogP contribution < -0.4 is 0 Å². The minimum atomic E-state index is -1.34. The fourth-order valence-electron chi connectivity index (χ4n) is 2.60. The summed E-state index contributed by atoms with van der Waals surface area (Å²) in [5, 5.41) is 9.22. The third kappa shape index (κ3) is 2.10. The molecule has 2 saturated heterocycles. The minimum absolute atomic E-state index is 0.00589. The summed E-state index contributed by atoms with van der Waals surface area (Å²) < 4.78 is 4.94. The second kappa shape index (κ2) is 4.85. The van der Waals surface area contributed by atoms with Crippen LogP contribution in [0.15, 0.2) is 0 Å². The maximum atomic E-state index is 12.3. The summed E-state index contributed by atoms with van der Waals surface area (Å²) in [7, 11) is 3.72. The Morgan fingerprint density at radius 2 is 2.11 bits per heavy atom. The Kier molecular flexibility index (Phi) is 3.59. The number of carboxylic acid groups (broad SMARTS) is 1. The van der Waals surface area contributed by atoms with E-state index >= 15 is 0 Å². The van der Waals surface area contributed by atoms with Crippen LogP contribution in [0.25, 0.3) is 0 Å². The lowest BCUT2D eigenvalue weighted by Gasteiger charge is -2.43. The number of aliphatic carboxylic acids is 1. The number of likely N-dealkylation sites (N-methyl/N-ethyl adjacent to an activating group) is 2. The van der Waals surface area contributed by atoms with Crippen molar-refractivity contribution in [2.75, 3.05) is 40.4 Å². The summed E-state index contributed by atoms with van der Waals surface area (Å²) in [6.45, 7) is 1.83. The normalized spacial score (nSPS) is 27.3. The van der Waals surface area contributed by atoms with E-state index in [1.165, 1.54) is 0 Å². The molecule has 2 aliphatic rings. The Bertz CT molecular complexity index is 354. The van der Waals surface area contributed by atoms with Crippen LogP contribution in [-0.4, -0.2) is 73.2 Å². The van der Waals surface area contributed by atoms with Crippen molar-refractivity contribution in [3.8, 4) is 0 Å². The summed E-state index contributed by atoms with van der Waals surface area (Å²) in [6.07, 6.45) is 1.97. The molecule has 2 heterocycles. The Labute approximate surface area is 106 Å². The average Bonchev–Trinajstić information content (AvgIpc) is 2.25. The van der Waals surface area contributed by atoms with E-state index in [1.807, 2.05) is 7.05 Å². The largest absolute Gasteiger partial charge is 0.480 e. The quantitative estimate of drug-likeness (QED) is 0.698. The molecule has 1 amide bonds. The lowest BCUT2D eigenvalue weighted by molar-refractivity contribution is -0.192. The number of amides is 1. The molecule has 0 radical (unpaired) electrons. The molecule has 6 heteroatoms. The Balaban J connectivity index is 2.06. The maximum Gasteiger partial charge on any atom is 0.324 e. The van der Waals surface area contributed by atoms with Crippen molar-refractivity contribution in [3.05, 3.63) is 0 Å². The summed E-state index contributed by atoms with van der Waals surface area (Å²) in [6, 6.07) is 0.105. The van der Waals surface area contributed by atoms with Gasteiger partial charge in [-0.1, -0.05) is 0 Å². The zero-order valence-corrected chi connectivity index (χ0v) is 10.9. The highest BCUT2D eigenvalue weighted by molar-refractivity contribution is 6.03. The Morgan fingerprint density at radius 3 is 2.56 bits per heavy atom. The number of carbonyl (C=O) groups excluding carboxylic acids is 1. The predicted octanol–water partition coefficient (Wildman–Crippen LogP) is -0.360. The molecule has 0 aromatic heterocycles. The number of hydrogen-bond donors (Lipinski definition) is 1. The van der Waals surface area contributed by atoms with Crippen molar-refractivity contribution in [1.82, 2.24) is 9.80 Å². The average molecular weight is 256 g/mol. The SMILES string of the molecule is CN1CCCC(N(C)C(=O)C2(C(=O)O)COC2)C1. The van der Waals surface area contributed by atoms with Gasteiger partial charge in [0.15, 0.2) is 5.41 Å². The van der Waals surface area contributed by atoms with Gasteiger partial charge in [0, 0.05) is 19.6 Å². The van der Waals surface area contributed by atoms with Crippen LogP contribution in [0.5, 0.6) is 0 Å². The number of piperidine rings is 1. The number of carbonyl (C=O) groups is 2. The van der Waals surface area contributed by atoms with E-state index in [0.717, 1.165) is 25.9 Å². The van der Waals surface area contributed by atoms with Gasteiger partial charge in [-0.2, -0.15) is 0 Å². The van der Waals surface area contributed by atoms with Gasteiger partial charge in [0.05, 0.1) is 13.2 Å². The zero-order valence-electron chi connectivity index (χ0n) is 10.9. The second-order valence-corrected chi connectivity index (χ2v) is 5.35. The van der Waals surface area contributed by atoms with E-state index in [2.05, 4.69) is 4.90 Å². The maximum absolute atomic E-state index is 12.3. The van der Waals surface area contributed by atoms with Crippen molar-refractivity contribution in [2.45, 2.75) is 18.9 Å². The number of likely N-dealkylation sites (tertiary alicyclic amines) is 1. The number of nitrogens with zero attached hydrogens (tertiary/aromatic N) is 2. The third-order valence-corrected chi connectivity index (χ3v) is 3.98. The molecule has 1 unspecified atom stereocenters. The third-order valence-electron chi connectivity index (χ3n) is 3.98. The molecule has 0 aliphatic carbocycles. The number of carboxylic acids is 1. The van der Waals surface area contributed by atoms with Gasteiger partial charge in [-0.25, -0.2) is 0 Å². The predicted molar refractivity (Wildman–Crippen MR) is 64.2 cm³/mol. The van der Waals surface area contributed by atoms with Crippen molar-refractivity contribution < 1.29 is 19.4 Å². The molecule has 18 heavy (non-hydrogen) atoms. The zero-order chi connectivity index (χ0) is 13.3. The standard InChI is InChI=1S/C12H20N2O4/c1-13-5-3-4-9(6-13)14(2)10(15)12(11(16)17)7-18-8-12/h9H,3-8H2,1-2H3,(H,16,17). The molecule has 0 bridgehead atoms. The Morgan fingerprint density at radius 1 is 1.44 bits per heavy atom. The molecule has 102 valence electrons. The van der Waals surface area contributed by atoms with Crippen LogP contribution >= 0.6 is 0 Å². The van der Waals surface area contributed by atoms with E-state index in [1.54, 1.807) is 11.9 Å². The van der Waals surface area contributed by atoms with Gasteiger partial charge in [-0.15, -0.1) is 0 Å². The van der Waals surface area contributed by atoms with E-state index in [-0.39, 0.29) is 25.2 Å². The topological polar surface area (TPSA) is 70.1 Å². The van der Waals surface area contributed by atoms with Gasteiger partial charge < -0.3 is 19.6 Å². The van der Waals surface area contributed by atoms with Crippen molar-refractivity contribution in [1.29, 1.82) is 0 Å². The van der Waals surface area contributed by atoms with Gasteiger partial charge >= 0.3 is 5.97 Å². The minimum Gasteiger partial charge on any atom is -0.480 e. The molecule has 6 nitrogen and oxygen atoms in total. The monoisotopic (exact) mass is 256 g/mol. The van der Waals surface area contributed by atoms with Crippen molar-refractivity contribution in [2.24, 2.45) is 5.41 Å². The number of hydrogen-bond acceptors (Lipinski definition) is 4. The second-order valence-electron chi connectivity index (χ2n) is 5.35. The summed E-state index contributed by atoms with van der Waals surface area (Å²) in [5.41, 5.74) is -1.34. The van der Waals surface area contributed by atoms with Gasteiger partial charge in [0.1, 0.15) is 0 Å². The molecule has 2 aliphatic heterocycles. The summed E-state index contributed by atoms with van der Waals surface area (Å²) in [4.78, 5) is 27.4. The number of ether oxygens (including phenoxy) is 1. The van der Waals surface area contributed by atoms with Crippen LogP contribution in [0.2, 0.25) is 0 Å². The van der Waals surface area contributed by atoms with Gasteiger partial charge in [0.25, 0.3) is 0 Å². The molecule has 0 aromatic carbocycles. The van der Waals surface area contributed by atoms with Crippen LogP contribution in [0, 0.1) is 5.41 Å². The molecular weight excluding hydrogens is 236 g/mol. The first-order chi connectivity index (χ1) is 8.47. The first kappa shape index (κ1) is 13.3. The van der Waals surface area contributed by atoms with Crippen LogP contribution in [0.1, 0.15) is 12.8 Å². The highest BCUT2D eigenvalue weighted by Crippen LogP contribution is 2.31. The summed E-state index contributed by atoms with van der Waals surface area (Å²) >= 11 is 0. The van der Waals surface area contributed by atoms with Gasteiger partial charge in [-0.05, 0) is 26.4 Å². The highest BCUT2D eigenvalue weighted by Gasteiger charge is 2.55. The van der Waals surface area contributed by atoms with Crippen molar-refractivity contribution in [3.63, 3.8) is 0 Å². The van der Waals surface area contributed by atoms with Crippen LogP contribution in [-0.2, 0) is 14.3 Å². The van der Waals surface area contributed by atoms with E-state index in [0.29, 0.717) is 0 Å². The molecule has 1 N–H and O–H groups in total. The van der Waals surface area contributed by atoms with E-state index in [9.17, 15) is 14.7 Å². The van der Waals surface area contributed by atoms with Gasteiger partial charge in [0.2, 0.25) is 5.91 Å².